The summed E-state index contributed by atoms with van der Waals surface area (Å²) < 4.78 is 11.9. The van der Waals surface area contributed by atoms with Crippen molar-refractivity contribution < 1.29 is 39.2 Å². The largest absolute Gasteiger partial charge is 0.462 e. The first-order valence-electron chi connectivity index (χ1n) is 20.1. The van der Waals surface area contributed by atoms with Gasteiger partial charge in [0.2, 0.25) is 0 Å². The number of likely N-dealkylation sites (N-methyl/N-ethyl adjacent to an activating group) is 1. The highest BCUT2D eigenvalue weighted by Gasteiger charge is 2.60. The summed E-state index contributed by atoms with van der Waals surface area (Å²) in [5, 5.41) is 32.7. The highest BCUT2D eigenvalue weighted by Crippen LogP contribution is 2.51. The molecule has 0 heterocycles. The van der Waals surface area contributed by atoms with Gasteiger partial charge in [-0.3, -0.25) is 19.3 Å². The van der Waals surface area contributed by atoms with Crippen LogP contribution in [-0.2, 0) is 23.9 Å². The van der Waals surface area contributed by atoms with Crippen LogP contribution in [0.15, 0.2) is 100 Å². The van der Waals surface area contributed by atoms with E-state index in [0.717, 1.165) is 22.3 Å². The zero-order chi connectivity index (χ0) is 43.6. The number of ketones is 1. The van der Waals surface area contributed by atoms with Crippen LogP contribution in [0.5, 0.6) is 0 Å². The molecule has 6 atom stereocenters. The van der Waals surface area contributed by atoms with E-state index in [1.807, 2.05) is 108 Å². The molecule has 2 fully saturated rings. The van der Waals surface area contributed by atoms with Crippen LogP contribution in [0.4, 0.5) is 0 Å². The van der Waals surface area contributed by atoms with Gasteiger partial charge in [0, 0.05) is 37.2 Å². The van der Waals surface area contributed by atoms with Gasteiger partial charge in [0.25, 0.3) is 0 Å². The molecular weight excluding hydrogens is 719 g/mol. The molecule has 0 aromatic heterocycles. The van der Waals surface area contributed by atoms with Gasteiger partial charge >= 0.3 is 11.9 Å². The number of ether oxygens (including phenoxy) is 2. The molecule has 3 N–H and O–H groups in total. The van der Waals surface area contributed by atoms with Crippen LogP contribution in [0, 0.1) is 10.8 Å². The molecule has 0 aliphatic heterocycles. The first kappa shape index (κ1) is 49.3. The number of rotatable bonds is 15. The Morgan fingerprint density at radius 2 is 1.35 bits per heavy atom. The second kappa shape index (κ2) is 20.2. The van der Waals surface area contributed by atoms with Gasteiger partial charge in [-0.15, -0.1) is 5.73 Å². The van der Waals surface area contributed by atoms with Crippen molar-refractivity contribution in [3.05, 3.63) is 100 Å². The second-order valence-electron chi connectivity index (χ2n) is 18.1. The number of nitrogens with zero attached hydrogens (tertiary/aromatic N) is 1. The molecular formula is C48H71NO8. The van der Waals surface area contributed by atoms with Gasteiger partial charge in [0.1, 0.15) is 23.3 Å². The molecule has 0 spiro atoms. The Balaban J connectivity index is 2.14. The summed E-state index contributed by atoms with van der Waals surface area (Å²) in [6, 6.07) is -0.393. The summed E-state index contributed by atoms with van der Waals surface area (Å²) in [6.07, 6.45) is 21.6. The smallest absolute Gasteiger partial charge is 0.324 e. The van der Waals surface area contributed by atoms with Crippen molar-refractivity contribution in [3.63, 3.8) is 0 Å². The molecule has 0 radical (unpaired) electrons. The van der Waals surface area contributed by atoms with Gasteiger partial charge < -0.3 is 24.8 Å². The van der Waals surface area contributed by atoms with Gasteiger partial charge in [0.15, 0.2) is 5.78 Å². The van der Waals surface area contributed by atoms with E-state index >= 15 is 0 Å². The lowest BCUT2D eigenvalue weighted by molar-refractivity contribution is -0.243. The number of allylic oxidation sites excluding steroid dienone is 14. The quantitative estimate of drug-likeness (QED) is 0.0646. The van der Waals surface area contributed by atoms with E-state index in [0.29, 0.717) is 31.3 Å². The fourth-order valence-electron chi connectivity index (χ4n) is 8.32. The van der Waals surface area contributed by atoms with E-state index in [9.17, 15) is 29.7 Å². The van der Waals surface area contributed by atoms with Gasteiger partial charge in [0.05, 0.1) is 11.7 Å². The lowest BCUT2D eigenvalue weighted by atomic mass is 9.56. The molecule has 0 amide bonds. The number of Topliss-reactive ketones (excluding diaryl/α,β-unsaturated/α-hetero) is 1. The Hall–Kier alpha value is -3.85. The summed E-state index contributed by atoms with van der Waals surface area (Å²) >= 11 is 0. The van der Waals surface area contributed by atoms with Crippen LogP contribution in [0.25, 0.3) is 0 Å². The van der Waals surface area contributed by atoms with E-state index in [1.165, 1.54) is 13.8 Å². The molecule has 0 aromatic rings. The molecule has 2 rings (SSSR count). The predicted molar refractivity (Wildman–Crippen MR) is 229 cm³/mol. The van der Waals surface area contributed by atoms with E-state index in [2.05, 4.69) is 19.6 Å². The lowest BCUT2D eigenvalue weighted by Crippen LogP contribution is -2.66. The minimum atomic E-state index is -1.67. The van der Waals surface area contributed by atoms with Crippen molar-refractivity contribution in [2.24, 2.45) is 10.8 Å². The number of carbonyl (C=O) groups is 3. The minimum Gasteiger partial charge on any atom is -0.462 e. The molecule has 57 heavy (non-hydrogen) atoms. The van der Waals surface area contributed by atoms with Crippen LogP contribution in [0.3, 0.4) is 0 Å². The topological polar surface area (TPSA) is 134 Å². The Kier molecular flexibility index (Phi) is 17.5. The van der Waals surface area contributed by atoms with Gasteiger partial charge in [-0.2, -0.15) is 0 Å². The van der Waals surface area contributed by atoms with Gasteiger partial charge in [-0.1, -0.05) is 107 Å². The summed E-state index contributed by atoms with van der Waals surface area (Å²) in [6.45, 7) is 22.1. The molecule has 0 bridgehead atoms. The highest BCUT2D eigenvalue weighted by atomic mass is 16.6. The SMILES string of the molecule is CCC(C(=O)OC1(C)CC(OC(C)=O)CC(C)(C)C1=C=C/C(C)=C/C=C/C(C)=C/C=C/C=C(C)/C=C/C=C(\C)C(=O)CC1(O)C(C)(C)CC(O)CC1(C)O)N(C)C. The molecule has 2 aliphatic carbocycles. The molecule has 0 saturated heterocycles. The molecule has 2 saturated carbocycles. The maximum atomic E-state index is 13.3. The van der Waals surface area contributed by atoms with Crippen molar-refractivity contribution in [3.8, 4) is 0 Å². The average Bonchev–Trinajstić information content (AvgIpc) is 3.04. The fourth-order valence-corrected chi connectivity index (χ4v) is 8.32. The first-order chi connectivity index (χ1) is 26.2. The summed E-state index contributed by atoms with van der Waals surface area (Å²) in [4.78, 5) is 40.2. The third-order valence-corrected chi connectivity index (χ3v) is 11.4. The van der Waals surface area contributed by atoms with Crippen LogP contribution in [0.1, 0.15) is 122 Å². The number of hydrogen-bond donors (Lipinski definition) is 3. The van der Waals surface area contributed by atoms with Gasteiger partial charge in [-0.05, 0) is 97.5 Å². The Morgan fingerprint density at radius 3 is 1.86 bits per heavy atom. The van der Waals surface area contributed by atoms with E-state index in [-0.39, 0.29) is 36.7 Å². The maximum Gasteiger partial charge on any atom is 0.324 e. The minimum absolute atomic E-state index is 0.0134. The van der Waals surface area contributed by atoms with Crippen molar-refractivity contribution in [2.45, 2.75) is 157 Å². The monoisotopic (exact) mass is 790 g/mol. The van der Waals surface area contributed by atoms with Gasteiger partial charge in [-0.25, -0.2) is 0 Å². The van der Waals surface area contributed by atoms with Crippen LogP contribution in [-0.4, -0.2) is 87.1 Å². The van der Waals surface area contributed by atoms with Crippen molar-refractivity contribution in [1.29, 1.82) is 0 Å². The zero-order valence-electron chi connectivity index (χ0n) is 37.2. The van der Waals surface area contributed by atoms with Crippen LogP contribution in [0.2, 0.25) is 0 Å². The Morgan fingerprint density at radius 1 is 0.807 bits per heavy atom. The van der Waals surface area contributed by atoms with Crippen LogP contribution >= 0.6 is 0 Å². The molecule has 9 heteroatoms. The maximum absolute atomic E-state index is 13.3. The highest BCUT2D eigenvalue weighted by molar-refractivity contribution is 5.96. The number of hydrogen-bond acceptors (Lipinski definition) is 9. The van der Waals surface area contributed by atoms with Crippen molar-refractivity contribution in [1.82, 2.24) is 4.90 Å². The van der Waals surface area contributed by atoms with Crippen molar-refractivity contribution >= 4 is 17.7 Å². The number of esters is 2. The van der Waals surface area contributed by atoms with E-state index in [4.69, 9.17) is 9.47 Å². The number of aliphatic hydroxyl groups is 3. The average molecular weight is 790 g/mol. The fraction of sp³-hybridized carbons (Fsp3) is 0.583. The lowest BCUT2D eigenvalue weighted by Gasteiger charge is -2.56. The molecule has 9 nitrogen and oxygen atoms in total. The third-order valence-electron chi connectivity index (χ3n) is 11.4. The number of carbonyl (C=O) groups excluding carboxylic acids is 3. The summed E-state index contributed by atoms with van der Waals surface area (Å²) in [7, 11) is 3.72. The number of aliphatic hydroxyl groups excluding tert-OH is 1. The molecule has 0 aromatic carbocycles. The molecule has 2 aliphatic rings. The van der Waals surface area contributed by atoms with E-state index < -0.39 is 39.8 Å². The normalized spacial score (nSPS) is 29.2. The summed E-state index contributed by atoms with van der Waals surface area (Å²) in [5.41, 5.74) is 2.22. The zero-order valence-corrected chi connectivity index (χ0v) is 37.2. The predicted octanol–water partition coefficient (Wildman–Crippen LogP) is 8.54. The molecule has 6 unspecified atom stereocenters. The van der Waals surface area contributed by atoms with E-state index in [1.54, 1.807) is 32.9 Å². The molecule has 316 valence electrons. The first-order valence-corrected chi connectivity index (χ1v) is 20.1. The summed E-state index contributed by atoms with van der Waals surface area (Å²) in [5.74, 6) is -0.925. The Labute approximate surface area is 343 Å². The van der Waals surface area contributed by atoms with Crippen molar-refractivity contribution in [2.75, 3.05) is 14.1 Å². The Bertz CT molecular complexity index is 1740. The standard InChI is InChI=1S/C48H71NO8/c1-15-40(49(13)14)43(53)57-46(11)31-39(56-37(6)50)30-44(7,8)42(46)27-26-35(4)23-18-22-33(2)20-16-17-21-34(3)24-19-25-36(5)41(52)32-48(55)45(9,10)28-38(51)29-47(48,12)54/h16-26,38-40,51,54-55H,15,28-32H2,1-14H3/b17-16+,22-18+,24-19+,33-20+,34-21+,35-23+,36-25+. The van der Waals surface area contributed by atoms with Crippen LogP contribution < -0.4 is 0 Å². The third kappa shape index (κ3) is 13.6. The second-order valence-corrected chi connectivity index (χ2v) is 18.1.